The predicted octanol–water partition coefficient (Wildman–Crippen LogP) is 3.24. The highest BCUT2D eigenvalue weighted by Crippen LogP contribution is 2.39. The van der Waals surface area contributed by atoms with Gasteiger partial charge in [-0.2, -0.15) is 0 Å². The maximum absolute atomic E-state index is 13.4. The molecule has 0 radical (unpaired) electrons. The molecule has 2 fully saturated rings. The van der Waals surface area contributed by atoms with E-state index in [1.54, 1.807) is 20.8 Å². The number of alkyl halides is 2. The van der Waals surface area contributed by atoms with Crippen molar-refractivity contribution < 1.29 is 32.6 Å². The van der Waals surface area contributed by atoms with Gasteiger partial charge in [0.25, 0.3) is 0 Å². The highest BCUT2D eigenvalue weighted by Gasteiger charge is 2.52. The molecule has 0 unspecified atom stereocenters. The molecule has 0 saturated carbocycles. The monoisotopic (exact) mass is 377 g/mol. The highest BCUT2D eigenvalue weighted by molar-refractivity contribution is 5.83. The summed E-state index contributed by atoms with van der Waals surface area (Å²) < 4.78 is 42.9. The van der Waals surface area contributed by atoms with Crippen molar-refractivity contribution in [3.63, 3.8) is 0 Å². The van der Waals surface area contributed by atoms with Gasteiger partial charge in [-0.1, -0.05) is 0 Å². The van der Waals surface area contributed by atoms with E-state index in [2.05, 4.69) is 0 Å². The summed E-state index contributed by atoms with van der Waals surface area (Å²) in [6.45, 7) is 6.63. The number of fused-ring (bicyclic) bond motifs is 1. The number of amides is 1. The van der Waals surface area contributed by atoms with Gasteiger partial charge in [-0.15, -0.1) is 0 Å². The average molecular weight is 377 g/mol. The number of carbonyl (C=O) groups is 2. The quantitative estimate of drug-likeness (QED) is 0.707. The van der Waals surface area contributed by atoms with Crippen molar-refractivity contribution >= 4 is 12.1 Å². The molecule has 2 saturated heterocycles. The first-order valence-electron chi connectivity index (χ1n) is 8.98. The van der Waals surface area contributed by atoms with E-state index in [1.807, 2.05) is 0 Å². The van der Waals surface area contributed by atoms with Crippen LogP contribution in [0.1, 0.15) is 47.0 Å². The zero-order valence-corrected chi connectivity index (χ0v) is 16.1. The van der Waals surface area contributed by atoms with Gasteiger partial charge in [0.15, 0.2) is 6.04 Å². The van der Waals surface area contributed by atoms with Crippen LogP contribution in [0.4, 0.5) is 13.6 Å². The van der Waals surface area contributed by atoms with Crippen molar-refractivity contribution in [2.24, 2.45) is 11.8 Å². The Bertz CT molecular complexity index is 529. The summed E-state index contributed by atoms with van der Waals surface area (Å²) >= 11 is 0. The first kappa shape index (κ1) is 20.9. The summed E-state index contributed by atoms with van der Waals surface area (Å²) in [6, 6.07) is -0.916. The Labute approximate surface area is 153 Å². The molecule has 0 aromatic carbocycles. The Kier molecular flexibility index (Phi) is 6.15. The Morgan fingerprint density at radius 2 is 1.88 bits per heavy atom. The SMILES string of the molecule is COC(=O)[C@@H]1[C@@H]2OCC[C@@H](CC(C)(F)F)C[C@H]2CN1C(=O)OC(C)(C)C. The molecule has 150 valence electrons. The number of hydrogen-bond donors (Lipinski definition) is 0. The van der Waals surface area contributed by atoms with E-state index >= 15 is 0 Å². The lowest BCUT2D eigenvalue weighted by molar-refractivity contribution is -0.150. The fraction of sp³-hybridized carbons (Fsp3) is 0.889. The van der Waals surface area contributed by atoms with Crippen LogP contribution in [0.15, 0.2) is 0 Å². The average Bonchev–Trinajstić information content (AvgIpc) is 2.71. The summed E-state index contributed by atoms with van der Waals surface area (Å²) in [6.07, 6.45) is -0.431. The fourth-order valence-electron chi connectivity index (χ4n) is 3.84. The van der Waals surface area contributed by atoms with Crippen molar-refractivity contribution in [3.8, 4) is 0 Å². The second-order valence-corrected chi connectivity index (χ2v) is 8.36. The maximum atomic E-state index is 13.4. The predicted molar refractivity (Wildman–Crippen MR) is 89.9 cm³/mol. The van der Waals surface area contributed by atoms with E-state index in [0.29, 0.717) is 12.8 Å². The van der Waals surface area contributed by atoms with Gasteiger partial charge < -0.3 is 14.2 Å². The van der Waals surface area contributed by atoms with Crippen LogP contribution in [0, 0.1) is 11.8 Å². The number of nitrogens with zero attached hydrogens (tertiary/aromatic N) is 1. The number of esters is 1. The minimum absolute atomic E-state index is 0.207. The second kappa shape index (κ2) is 7.66. The van der Waals surface area contributed by atoms with Crippen LogP contribution in [0.25, 0.3) is 0 Å². The Balaban J connectivity index is 2.19. The number of ether oxygens (including phenoxy) is 3. The molecule has 0 spiro atoms. The van der Waals surface area contributed by atoms with Crippen molar-refractivity contribution in [3.05, 3.63) is 0 Å². The number of rotatable bonds is 3. The Hall–Kier alpha value is -1.44. The lowest BCUT2D eigenvalue weighted by atomic mass is 9.87. The van der Waals surface area contributed by atoms with Gasteiger partial charge in [-0.05, 0) is 46.5 Å². The second-order valence-electron chi connectivity index (χ2n) is 8.36. The van der Waals surface area contributed by atoms with Gasteiger partial charge in [0.2, 0.25) is 5.92 Å². The molecule has 0 aliphatic carbocycles. The fourth-order valence-corrected chi connectivity index (χ4v) is 3.84. The molecule has 0 bridgehead atoms. The van der Waals surface area contributed by atoms with Gasteiger partial charge >= 0.3 is 12.1 Å². The smallest absolute Gasteiger partial charge is 0.411 e. The maximum Gasteiger partial charge on any atom is 0.411 e. The molecule has 1 amide bonds. The third-order valence-electron chi connectivity index (χ3n) is 4.73. The molecule has 0 aromatic rings. The largest absolute Gasteiger partial charge is 0.467 e. The van der Waals surface area contributed by atoms with Crippen LogP contribution < -0.4 is 0 Å². The number of hydrogen-bond acceptors (Lipinski definition) is 5. The van der Waals surface area contributed by atoms with E-state index < -0.39 is 35.7 Å². The minimum atomic E-state index is -2.75. The molecule has 2 rings (SSSR count). The van der Waals surface area contributed by atoms with E-state index in [1.165, 1.54) is 12.0 Å². The van der Waals surface area contributed by atoms with E-state index in [-0.39, 0.29) is 31.4 Å². The summed E-state index contributed by atoms with van der Waals surface area (Å²) in [4.78, 5) is 26.2. The first-order valence-corrected chi connectivity index (χ1v) is 8.98. The van der Waals surface area contributed by atoms with Crippen molar-refractivity contribution in [1.29, 1.82) is 0 Å². The zero-order valence-electron chi connectivity index (χ0n) is 16.1. The third kappa shape index (κ3) is 5.28. The van der Waals surface area contributed by atoms with Gasteiger partial charge in [-0.25, -0.2) is 18.4 Å². The number of carbonyl (C=O) groups excluding carboxylic acids is 2. The van der Waals surface area contributed by atoms with Crippen molar-refractivity contribution in [2.75, 3.05) is 20.3 Å². The van der Waals surface area contributed by atoms with Crippen LogP contribution in [0.5, 0.6) is 0 Å². The van der Waals surface area contributed by atoms with Crippen LogP contribution in [-0.4, -0.2) is 60.9 Å². The zero-order chi connectivity index (χ0) is 19.7. The molecule has 26 heavy (non-hydrogen) atoms. The molecule has 2 heterocycles. The molecule has 0 N–H and O–H groups in total. The lowest BCUT2D eigenvalue weighted by Gasteiger charge is -2.29. The van der Waals surface area contributed by atoms with Crippen LogP contribution in [-0.2, 0) is 19.0 Å². The molecule has 2 aliphatic heterocycles. The van der Waals surface area contributed by atoms with Gasteiger partial charge in [-0.3, -0.25) is 4.90 Å². The van der Waals surface area contributed by atoms with Crippen molar-refractivity contribution in [1.82, 2.24) is 4.90 Å². The highest BCUT2D eigenvalue weighted by atomic mass is 19.3. The topological polar surface area (TPSA) is 65.1 Å². The third-order valence-corrected chi connectivity index (χ3v) is 4.73. The van der Waals surface area contributed by atoms with Gasteiger partial charge in [0.1, 0.15) is 5.60 Å². The molecule has 8 heteroatoms. The molecule has 0 aromatic heterocycles. The standard InChI is InChI=1S/C18H29F2NO5/c1-17(2,3)26-16(23)21-10-12-8-11(9-18(4,19)20)6-7-25-14(12)13(21)15(22)24-5/h11-14H,6-10H2,1-5H3/t11-,12+,13+,14-/m1/s1. The number of likely N-dealkylation sites (tertiary alicyclic amines) is 1. The van der Waals surface area contributed by atoms with Crippen molar-refractivity contribution in [2.45, 2.75) is 70.6 Å². The van der Waals surface area contributed by atoms with Crippen LogP contribution in [0.3, 0.4) is 0 Å². The van der Waals surface area contributed by atoms with Crippen LogP contribution in [0.2, 0.25) is 0 Å². The van der Waals surface area contributed by atoms with Gasteiger partial charge in [0.05, 0.1) is 13.2 Å². The first-order chi connectivity index (χ1) is 11.9. The van der Waals surface area contributed by atoms with E-state index in [0.717, 1.165) is 6.92 Å². The molecule has 4 atom stereocenters. The summed E-state index contributed by atoms with van der Waals surface area (Å²) in [5, 5.41) is 0. The van der Waals surface area contributed by atoms with Gasteiger partial charge in [0, 0.05) is 25.5 Å². The molecule has 2 aliphatic rings. The van der Waals surface area contributed by atoms with Crippen LogP contribution >= 0.6 is 0 Å². The van der Waals surface area contributed by atoms with E-state index in [9.17, 15) is 18.4 Å². The number of halogens is 2. The Morgan fingerprint density at radius 3 is 2.42 bits per heavy atom. The molecular weight excluding hydrogens is 348 g/mol. The summed E-state index contributed by atoms with van der Waals surface area (Å²) in [7, 11) is 1.25. The summed E-state index contributed by atoms with van der Waals surface area (Å²) in [5.74, 6) is -3.76. The number of methoxy groups -OCH3 is 1. The lowest BCUT2D eigenvalue weighted by Crippen LogP contribution is -2.48. The molecule has 6 nitrogen and oxygen atoms in total. The normalized spacial score (nSPS) is 29.7. The minimum Gasteiger partial charge on any atom is -0.467 e. The Morgan fingerprint density at radius 1 is 1.23 bits per heavy atom. The molecular formula is C18H29F2NO5. The van der Waals surface area contributed by atoms with E-state index in [4.69, 9.17) is 14.2 Å². The summed E-state index contributed by atoms with van der Waals surface area (Å²) in [5.41, 5.74) is -0.712.